The second kappa shape index (κ2) is 7.45. The molecule has 5 rings (SSSR count). The van der Waals surface area contributed by atoms with Crippen molar-refractivity contribution in [2.45, 2.75) is 48.7 Å². The molecule has 31 heavy (non-hydrogen) atoms. The van der Waals surface area contributed by atoms with Crippen LogP contribution in [0.1, 0.15) is 42.9 Å². The molecular formula is C24H31N3O4. The second-order valence-electron chi connectivity index (χ2n) is 9.03. The molecule has 1 saturated carbocycles. The molecule has 2 unspecified atom stereocenters. The number of likely N-dealkylation sites (tertiary alicyclic amines) is 1. The van der Waals surface area contributed by atoms with Crippen LogP contribution in [0.2, 0.25) is 0 Å². The van der Waals surface area contributed by atoms with E-state index in [4.69, 9.17) is 24.7 Å². The average molecular weight is 426 g/mol. The molecule has 3 aliphatic rings. The summed E-state index contributed by atoms with van der Waals surface area (Å²) >= 11 is 0. The van der Waals surface area contributed by atoms with E-state index in [9.17, 15) is 0 Å². The maximum Gasteiger partial charge on any atom is 0.172 e. The van der Waals surface area contributed by atoms with Crippen LogP contribution in [0.5, 0.6) is 11.5 Å². The number of likely N-dealkylation sites (N-methyl/N-ethyl adjacent to an activating group) is 1. The molecule has 1 aliphatic carbocycles. The van der Waals surface area contributed by atoms with Crippen molar-refractivity contribution in [3.63, 3.8) is 0 Å². The Morgan fingerprint density at radius 3 is 2.58 bits per heavy atom. The molecule has 1 aromatic heterocycles. The highest BCUT2D eigenvalue weighted by Crippen LogP contribution is 2.58. The number of ether oxygens (including phenoxy) is 4. The predicted octanol–water partition coefficient (Wildman–Crippen LogP) is 3.00. The fraction of sp³-hybridized carbons (Fsp3) is 0.542. The van der Waals surface area contributed by atoms with E-state index >= 15 is 0 Å². The summed E-state index contributed by atoms with van der Waals surface area (Å²) in [5.74, 6) is 0.797. The lowest BCUT2D eigenvalue weighted by Crippen LogP contribution is -2.68. The van der Waals surface area contributed by atoms with Gasteiger partial charge in [0.2, 0.25) is 0 Å². The number of rotatable bonds is 4. The molecule has 2 saturated heterocycles. The first-order valence-corrected chi connectivity index (χ1v) is 10.9. The van der Waals surface area contributed by atoms with Crippen LogP contribution in [-0.2, 0) is 14.9 Å². The zero-order valence-corrected chi connectivity index (χ0v) is 18.5. The van der Waals surface area contributed by atoms with Gasteiger partial charge < -0.3 is 24.7 Å². The molecule has 7 nitrogen and oxygen atoms in total. The number of nitrogens with two attached hydrogens (primary N) is 1. The maximum atomic E-state index is 7.26. The Morgan fingerprint density at radius 1 is 1.06 bits per heavy atom. The fourth-order valence-corrected chi connectivity index (χ4v) is 5.88. The molecule has 4 atom stereocenters. The Morgan fingerprint density at radius 2 is 1.84 bits per heavy atom. The van der Waals surface area contributed by atoms with E-state index in [0.29, 0.717) is 13.0 Å². The van der Waals surface area contributed by atoms with Crippen LogP contribution in [0, 0.1) is 0 Å². The molecule has 166 valence electrons. The standard InChI is InChI=1S/C24H31N3O4/c1-27-13-10-22(18-4-5-19(28-2)20(14-18)29-3)8-9-23(16-24(22,27)25)30-15-21(31-23)17-6-11-26-12-7-17/h4-7,11-12,14,21H,8-10,13,15-16,25H2,1-3H3/t21?,22-,23?,24-/m0/s1. The zero-order chi connectivity index (χ0) is 21.7. The summed E-state index contributed by atoms with van der Waals surface area (Å²) in [5, 5.41) is 0. The summed E-state index contributed by atoms with van der Waals surface area (Å²) in [7, 11) is 5.44. The van der Waals surface area contributed by atoms with Crippen molar-refractivity contribution >= 4 is 0 Å². The summed E-state index contributed by atoms with van der Waals surface area (Å²) in [5.41, 5.74) is 8.76. The normalized spacial score (nSPS) is 35.3. The minimum absolute atomic E-state index is 0.0908. The maximum absolute atomic E-state index is 7.26. The van der Waals surface area contributed by atoms with Crippen molar-refractivity contribution in [2.24, 2.45) is 5.73 Å². The van der Waals surface area contributed by atoms with Crippen LogP contribution < -0.4 is 15.2 Å². The molecular weight excluding hydrogens is 394 g/mol. The van der Waals surface area contributed by atoms with Crippen molar-refractivity contribution in [3.8, 4) is 11.5 Å². The number of hydrogen-bond acceptors (Lipinski definition) is 7. The monoisotopic (exact) mass is 425 g/mol. The quantitative estimate of drug-likeness (QED) is 0.807. The third-order valence-corrected chi connectivity index (χ3v) is 7.72. The number of nitrogens with zero attached hydrogens (tertiary/aromatic N) is 2. The third-order valence-electron chi connectivity index (χ3n) is 7.72. The van der Waals surface area contributed by atoms with Gasteiger partial charge in [-0.25, -0.2) is 0 Å². The molecule has 3 heterocycles. The molecule has 1 spiro atoms. The number of aromatic nitrogens is 1. The van der Waals surface area contributed by atoms with Gasteiger partial charge >= 0.3 is 0 Å². The minimum Gasteiger partial charge on any atom is -0.493 e. The van der Waals surface area contributed by atoms with Gasteiger partial charge in [-0.1, -0.05) is 6.07 Å². The van der Waals surface area contributed by atoms with Gasteiger partial charge in [-0.15, -0.1) is 0 Å². The Kier molecular flexibility index (Phi) is 4.97. The molecule has 2 aliphatic heterocycles. The van der Waals surface area contributed by atoms with Crippen molar-refractivity contribution in [1.82, 2.24) is 9.88 Å². The number of fused-ring (bicyclic) bond motifs is 1. The Hall–Kier alpha value is -2.19. The van der Waals surface area contributed by atoms with E-state index in [0.717, 1.165) is 42.9 Å². The van der Waals surface area contributed by atoms with Crippen LogP contribution in [-0.4, -0.2) is 55.8 Å². The summed E-state index contributed by atoms with van der Waals surface area (Å²) in [4.78, 5) is 6.39. The highest BCUT2D eigenvalue weighted by Gasteiger charge is 2.65. The second-order valence-corrected chi connectivity index (χ2v) is 9.03. The molecule has 3 fully saturated rings. The van der Waals surface area contributed by atoms with E-state index in [1.165, 1.54) is 5.56 Å². The topological polar surface area (TPSA) is 79.1 Å². The fourth-order valence-electron chi connectivity index (χ4n) is 5.88. The molecule has 1 aromatic carbocycles. The number of pyridine rings is 1. The van der Waals surface area contributed by atoms with E-state index in [-0.39, 0.29) is 11.5 Å². The van der Waals surface area contributed by atoms with Crippen LogP contribution in [0.3, 0.4) is 0 Å². The number of hydrogen-bond donors (Lipinski definition) is 1. The predicted molar refractivity (Wildman–Crippen MR) is 116 cm³/mol. The smallest absolute Gasteiger partial charge is 0.172 e. The van der Waals surface area contributed by atoms with Crippen LogP contribution >= 0.6 is 0 Å². The molecule has 2 N–H and O–H groups in total. The van der Waals surface area contributed by atoms with E-state index in [2.05, 4.69) is 29.1 Å². The average Bonchev–Trinajstić information content (AvgIpc) is 3.33. The Labute approximate surface area is 183 Å². The van der Waals surface area contributed by atoms with Crippen molar-refractivity contribution in [1.29, 1.82) is 0 Å². The summed E-state index contributed by atoms with van der Waals surface area (Å²) in [6.45, 7) is 1.46. The van der Waals surface area contributed by atoms with Gasteiger partial charge in [0.1, 0.15) is 6.10 Å². The van der Waals surface area contributed by atoms with Crippen molar-refractivity contribution < 1.29 is 18.9 Å². The number of benzene rings is 1. The van der Waals surface area contributed by atoms with Crippen molar-refractivity contribution in [3.05, 3.63) is 53.9 Å². The van der Waals surface area contributed by atoms with Crippen LogP contribution in [0.4, 0.5) is 0 Å². The lowest BCUT2D eigenvalue weighted by molar-refractivity contribution is -0.220. The molecule has 0 bridgehead atoms. The molecule has 2 aromatic rings. The molecule has 0 radical (unpaired) electrons. The lowest BCUT2D eigenvalue weighted by atomic mass is 9.61. The summed E-state index contributed by atoms with van der Waals surface area (Å²) in [6.07, 6.45) is 6.78. The van der Waals surface area contributed by atoms with E-state index < -0.39 is 11.4 Å². The van der Waals surface area contributed by atoms with Crippen LogP contribution in [0.15, 0.2) is 42.7 Å². The van der Waals surface area contributed by atoms with Gasteiger partial charge in [0.05, 0.1) is 26.5 Å². The van der Waals surface area contributed by atoms with Crippen LogP contribution in [0.25, 0.3) is 0 Å². The Bertz CT molecular complexity index is 957. The van der Waals surface area contributed by atoms with Gasteiger partial charge in [-0.3, -0.25) is 9.88 Å². The van der Waals surface area contributed by atoms with Gasteiger partial charge in [0.25, 0.3) is 0 Å². The first-order chi connectivity index (χ1) is 15.0. The summed E-state index contributed by atoms with van der Waals surface area (Å²) < 4.78 is 23.9. The minimum atomic E-state index is -0.665. The van der Waals surface area contributed by atoms with Gasteiger partial charge in [0, 0.05) is 37.2 Å². The van der Waals surface area contributed by atoms with Crippen molar-refractivity contribution in [2.75, 3.05) is 34.4 Å². The summed E-state index contributed by atoms with van der Waals surface area (Å²) in [6, 6.07) is 10.2. The molecule has 7 heteroatoms. The van der Waals surface area contributed by atoms with E-state index in [1.54, 1.807) is 26.6 Å². The molecule has 0 amide bonds. The first-order valence-electron chi connectivity index (χ1n) is 10.9. The highest BCUT2D eigenvalue weighted by atomic mass is 16.7. The SMILES string of the molecule is COc1ccc([C@]23CCN(C)[C@@]2(N)CC2(CC3)OCC(c3ccncc3)O2)cc1OC. The van der Waals surface area contributed by atoms with Gasteiger partial charge in [-0.05, 0) is 55.3 Å². The first kappa shape index (κ1) is 20.7. The highest BCUT2D eigenvalue weighted by molar-refractivity contribution is 5.47. The number of methoxy groups -OCH3 is 2. The van der Waals surface area contributed by atoms with E-state index in [1.807, 2.05) is 18.2 Å². The largest absolute Gasteiger partial charge is 0.493 e. The van der Waals surface area contributed by atoms with Gasteiger partial charge in [-0.2, -0.15) is 0 Å². The van der Waals surface area contributed by atoms with Gasteiger partial charge in [0.15, 0.2) is 17.3 Å². The lowest BCUT2D eigenvalue weighted by Gasteiger charge is -2.54. The zero-order valence-electron chi connectivity index (χ0n) is 18.5. The third kappa shape index (κ3) is 3.06. The Balaban J connectivity index is 1.47.